The summed E-state index contributed by atoms with van der Waals surface area (Å²) in [5.74, 6) is -3.77. The van der Waals surface area contributed by atoms with Crippen LogP contribution in [0.2, 0.25) is 10.0 Å². The second-order valence-electron chi connectivity index (χ2n) is 13.5. The number of fused-ring (bicyclic) bond motifs is 16. The van der Waals surface area contributed by atoms with Gasteiger partial charge in [0.1, 0.15) is 29.9 Å². The highest BCUT2D eigenvalue weighted by atomic mass is 35.5. The summed E-state index contributed by atoms with van der Waals surface area (Å²) in [7, 11) is 0. The molecule has 0 unspecified atom stereocenters. The van der Waals surface area contributed by atoms with Gasteiger partial charge >= 0.3 is 5.97 Å². The van der Waals surface area contributed by atoms with Crippen LogP contribution in [0.4, 0.5) is 0 Å². The van der Waals surface area contributed by atoms with Gasteiger partial charge < -0.3 is 31.1 Å². The first-order valence-electron chi connectivity index (χ1n) is 18.1. The number of halogens is 2. The molecule has 5 N–H and O–H groups in total. The van der Waals surface area contributed by atoms with Crippen LogP contribution in [0.5, 0.6) is 5.75 Å². The molecule has 0 radical (unpaired) electrons. The van der Waals surface area contributed by atoms with E-state index in [4.69, 9.17) is 27.9 Å². The predicted octanol–water partition coefficient (Wildman–Crippen LogP) is 4.74. The fourth-order valence-corrected chi connectivity index (χ4v) is 6.83. The van der Waals surface area contributed by atoms with Crippen LogP contribution >= 0.6 is 23.2 Å². The van der Waals surface area contributed by atoms with E-state index in [1.165, 1.54) is 6.07 Å². The van der Waals surface area contributed by atoms with Crippen molar-refractivity contribution < 1.29 is 33.8 Å². The third kappa shape index (κ3) is 11.4. The summed E-state index contributed by atoms with van der Waals surface area (Å²) in [6.07, 6.45) is 2.94. The zero-order valence-electron chi connectivity index (χ0n) is 30.5. The fourth-order valence-electron chi connectivity index (χ4n) is 6.35. The fraction of sp³-hybridized carbons (Fsp3) is 0.209. The Kier molecular flexibility index (Phi) is 13.5. The molecule has 3 heterocycles. The number of nitrogens with one attached hydrogen (secondary N) is 4. The van der Waals surface area contributed by atoms with Crippen molar-refractivity contribution in [2.75, 3.05) is 6.61 Å². The molecule has 7 rings (SSSR count). The minimum atomic E-state index is -1.38. The number of carboxylic acids is 1. The first-order chi connectivity index (χ1) is 27.5. The number of rotatable bonds is 8. The molecule has 2 aliphatic rings. The minimum absolute atomic E-state index is 0.00650. The van der Waals surface area contributed by atoms with Gasteiger partial charge in [-0.2, -0.15) is 0 Å². The zero-order valence-corrected chi connectivity index (χ0v) is 32.0. The number of carbonyl (C=O) groups excluding carboxylic acids is 4. The van der Waals surface area contributed by atoms with Gasteiger partial charge in [0.2, 0.25) is 17.7 Å². The molecule has 2 aliphatic heterocycles. The molecule has 0 saturated heterocycles. The molecule has 57 heavy (non-hydrogen) atoms. The molecular weight excluding hydrogens is 769 g/mol. The molecule has 0 fully saturated rings. The zero-order chi connectivity index (χ0) is 40.3. The van der Waals surface area contributed by atoms with Crippen LogP contribution in [0.25, 0.3) is 11.1 Å². The Morgan fingerprint density at radius 1 is 0.667 bits per heavy atom. The van der Waals surface area contributed by atoms with Crippen molar-refractivity contribution in [1.82, 2.24) is 26.3 Å². The lowest BCUT2D eigenvalue weighted by molar-refractivity contribution is -0.142. The second-order valence-corrected chi connectivity index (χ2v) is 14.4. The van der Waals surface area contributed by atoms with Crippen LogP contribution in [0, 0.1) is 0 Å². The number of amides is 4. The van der Waals surface area contributed by atoms with E-state index < -0.39 is 60.4 Å². The number of ether oxygens (including phenoxy) is 1. The number of benzene rings is 4. The quantitative estimate of drug-likeness (QED) is 0.140. The van der Waals surface area contributed by atoms with Gasteiger partial charge in [-0.05, 0) is 69.8 Å². The number of pyridine rings is 1. The van der Waals surface area contributed by atoms with Crippen LogP contribution < -0.4 is 26.0 Å². The molecule has 5 aromatic rings. The molecule has 4 atom stereocenters. The Labute approximate surface area is 339 Å². The summed E-state index contributed by atoms with van der Waals surface area (Å²) in [5.41, 5.74) is 4.34. The molecule has 0 saturated carbocycles. The maximum Gasteiger partial charge on any atom is 0.326 e. The number of carbonyl (C=O) groups is 5. The standard InChI is InChI=1S/C43H39Cl2N5O7/c44-32-13-12-31(34(45)24-32)23-37-42(54)50-38(43(55)56)22-27-8-14-33(15-9-27)57-25-39(51)47-35(21-28-16-18-46-19-17-28)40(52)48-36(41(53)49-37)20-26-6-10-30(11-7-26)29-4-2-1-3-5-29/h1-19,24,35-38H,20-23,25H2,(H,47,51)(H,48,52)(H,49,53)(H,50,54)(H,55,56)/t35-,36+,37-,38-/m0/s1. The van der Waals surface area contributed by atoms with Crippen molar-refractivity contribution in [3.63, 3.8) is 0 Å². The van der Waals surface area contributed by atoms with Crippen molar-refractivity contribution in [2.45, 2.75) is 49.9 Å². The van der Waals surface area contributed by atoms with E-state index in [2.05, 4.69) is 26.3 Å². The van der Waals surface area contributed by atoms with Crippen molar-refractivity contribution in [3.05, 3.63) is 154 Å². The van der Waals surface area contributed by atoms with Gasteiger partial charge in [-0.1, -0.05) is 96.0 Å². The van der Waals surface area contributed by atoms with Gasteiger partial charge in [-0.25, -0.2) is 4.79 Å². The largest absolute Gasteiger partial charge is 0.484 e. The monoisotopic (exact) mass is 807 g/mol. The lowest BCUT2D eigenvalue weighted by atomic mass is 9.98. The first kappa shape index (κ1) is 40.4. The van der Waals surface area contributed by atoms with Gasteiger partial charge in [-0.15, -0.1) is 0 Å². The summed E-state index contributed by atoms with van der Waals surface area (Å²) in [6, 6.07) is 26.5. The molecule has 0 spiro atoms. The molecule has 4 aromatic carbocycles. The smallest absolute Gasteiger partial charge is 0.326 e. The highest BCUT2D eigenvalue weighted by Crippen LogP contribution is 2.23. The van der Waals surface area contributed by atoms with Crippen molar-refractivity contribution in [3.8, 4) is 16.9 Å². The third-order valence-electron chi connectivity index (χ3n) is 9.39. The summed E-state index contributed by atoms with van der Waals surface area (Å²) in [5, 5.41) is 21.6. The molecular formula is C43H39Cl2N5O7. The molecule has 12 nitrogen and oxygen atoms in total. The SMILES string of the molecule is O=C1COc2ccc(cc2)C[C@@H](C(=O)O)NC(=O)[C@H](Cc2ccc(Cl)cc2Cl)NC(=O)[C@@H](Cc2ccc(-c3ccccc3)cc2)NC(=O)[C@H](Cc2ccncc2)N1. The maximum absolute atomic E-state index is 14.4. The molecule has 1 aromatic heterocycles. The number of nitrogens with zero attached hydrogens (tertiary/aromatic N) is 1. The van der Waals surface area contributed by atoms with E-state index >= 15 is 0 Å². The summed E-state index contributed by atoms with van der Waals surface area (Å²) < 4.78 is 5.69. The van der Waals surface area contributed by atoms with E-state index in [9.17, 15) is 29.1 Å². The number of hydrogen-bond donors (Lipinski definition) is 5. The molecule has 14 heteroatoms. The van der Waals surface area contributed by atoms with Crippen molar-refractivity contribution in [2.24, 2.45) is 0 Å². The number of carboxylic acid groups (broad SMARTS) is 1. The van der Waals surface area contributed by atoms with Crippen LogP contribution in [0.1, 0.15) is 22.3 Å². The second kappa shape index (κ2) is 19.1. The lowest BCUT2D eigenvalue weighted by Gasteiger charge is -2.26. The Hall–Kier alpha value is -6.24. The molecule has 0 aliphatic carbocycles. The summed E-state index contributed by atoms with van der Waals surface area (Å²) in [4.78, 5) is 72.3. The average molecular weight is 809 g/mol. The van der Waals surface area contributed by atoms with Gasteiger partial charge in [0.15, 0.2) is 6.61 Å². The average Bonchev–Trinajstić information content (AvgIpc) is 3.21. The van der Waals surface area contributed by atoms with Crippen molar-refractivity contribution >= 4 is 52.8 Å². The van der Waals surface area contributed by atoms with E-state index in [0.29, 0.717) is 33.0 Å². The van der Waals surface area contributed by atoms with Gasteiger partial charge in [0, 0.05) is 48.1 Å². The Bertz CT molecular complexity index is 2210. The number of hydrogen-bond acceptors (Lipinski definition) is 7. The predicted molar refractivity (Wildman–Crippen MR) is 215 cm³/mol. The maximum atomic E-state index is 14.4. The van der Waals surface area contributed by atoms with E-state index in [1.807, 2.05) is 54.6 Å². The van der Waals surface area contributed by atoms with E-state index in [0.717, 1.165) is 11.1 Å². The Morgan fingerprint density at radius 3 is 1.88 bits per heavy atom. The minimum Gasteiger partial charge on any atom is -0.484 e. The summed E-state index contributed by atoms with van der Waals surface area (Å²) >= 11 is 12.6. The van der Waals surface area contributed by atoms with Gasteiger partial charge in [0.05, 0.1) is 0 Å². The highest BCUT2D eigenvalue weighted by Gasteiger charge is 2.32. The summed E-state index contributed by atoms with van der Waals surface area (Å²) in [6.45, 7) is -0.431. The molecule has 292 valence electrons. The normalized spacial score (nSPS) is 19.4. The van der Waals surface area contributed by atoms with Crippen molar-refractivity contribution in [1.29, 1.82) is 0 Å². The Balaban J connectivity index is 1.36. The lowest BCUT2D eigenvalue weighted by Crippen LogP contribution is -2.59. The third-order valence-corrected chi connectivity index (χ3v) is 9.98. The highest BCUT2D eigenvalue weighted by molar-refractivity contribution is 6.35. The van der Waals surface area contributed by atoms with Crippen LogP contribution in [-0.4, -0.2) is 70.5 Å². The molecule has 2 bridgehead atoms. The number of aliphatic carboxylic acids is 1. The van der Waals surface area contributed by atoms with Crippen LogP contribution in [-0.2, 0) is 49.7 Å². The topological polar surface area (TPSA) is 176 Å². The van der Waals surface area contributed by atoms with Gasteiger partial charge in [0.25, 0.3) is 5.91 Å². The van der Waals surface area contributed by atoms with E-state index in [1.54, 1.807) is 60.9 Å². The van der Waals surface area contributed by atoms with E-state index in [-0.39, 0.29) is 30.7 Å². The number of aromatic nitrogens is 1. The van der Waals surface area contributed by atoms with Crippen LogP contribution in [0.3, 0.4) is 0 Å². The van der Waals surface area contributed by atoms with Crippen LogP contribution in [0.15, 0.2) is 122 Å². The first-order valence-corrected chi connectivity index (χ1v) is 18.9. The Morgan fingerprint density at radius 2 is 1.25 bits per heavy atom. The molecule has 4 amide bonds. The van der Waals surface area contributed by atoms with Gasteiger partial charge in [-0.3, -0.25) is 24.2 Å².